The van der Waals surface area contributed by atoms with Crippen molar-refractivity contribution in [2.24, 2.45) is 12.0 Å². The molecule has 0 radical (unpaired) electrons. The Morgan fingerprint density at radius 2 is 2.40 bits per heavy atom. The molecule has 1 saturated carbocycles. The molecule has 2 rings (SSSR count). The molecule has 0 saturated heterocycles. The Labute approximate surface area is 125 Å². The molecule has 20 heavy (non-hydrogen) atoms. The lowest BCUT2D eigenvalue weighted by atomic mass is 10.2. The predicted octanol–water partition coefficient (Wildman–Crippen LogP) is 1.76. The zero-order valence-electron chi connectivity index (χ0n) is 12.6. The topological polar surface area (TPSA) is 54.2 Å². The molecule has 1 aromatic rings. The molecule has 1 aliphatic carbocycles. The molecule has 0 bridgehead atoms. The van der Waals surface area contributed by atoms with Crippen LogP contribution in [0.1, 0.15) is 31.9 Å². The standard InChI is InChI=1S/C14H25N5S/c1-4-15-14(16-10-12-7-8-17-19(12)2)18-11-5-6-13(9-11)20-3/h7-8,11,13H,4-6,9-10H2,1-3H3,(H2,15,16,18). The van der Waals surface area contributed by atoms with Gasteiger partial charge < -0.3 is 10.6 Å². The summed E-state index contributed by atoms with van der Waals surface area (Å²) in [6.45, 7) is 3.64. The number of rotatable bonds is 5. The van der Waals surface area contributed by atoms with Gasteiger partial charge in [-0.15, -0.1) is 0 Å². The molecule has 112 valence electrons. The van der Waals surface area contributed by atoms with Crippen molar-refractivity contribution in [2.75, 3.05) is 12.8 Å². The molecule has 2 unspecified atom stereocenters. The van der Waals surface area contributed by atoms with Crippen molar-refractivity contribution in [3.05, 3.63) is 18.0 Å². The van der Waals surface area contributed by atoms with E-state index in [1.807, 2.05) is 35.8 Å². The summed E-state index contributed by atoms with van der Waals surface area (Å²) in [6.07, 6.45) is 7.79. The molecule has 6 heteroatoms. The highest BCUT2D eigenvalue weighted by Crippen LogP contribution is 2.27. The van der Waals surface area contributed by atoms with Gasteiger partial charge in [0.2, 0.25) is 0 Å². The van der Waals surface area contributed by atoms with Crippen molar-refractivity contribution in [3.8, 4) is 0 Å². The Morgan fingerprint density at radius 1 is 1.55 bits per heavy atom. The van der Waals surface area contributed by atoms with E-state index in [0.717, 1.165) is 23.4 Å². The fourth-order valence-electron chi connectivity index (χ4n) is 2.52. The largest absolute Gasteiger partial charge is 0.357 e. The summed E-state index contributed by atoms with van der Waals surface area (Å²) in [7, 11) is 1.95. The number of nitrogens with zero attached hydrogens (tertiary/aromatic N) is 3. The van der Waals surface area contributed by atoms with E-state index in [1.54, 1.807) is 0 Å². The highest BCUT2D eigenvalue weighted by molar-refractivity contribution is 7.99. The number of aromatic nitrogens is 2. The quantitative estimate of drug-likeness (QED) is 0.642. The van der Waals surface area contributed by atoms with Crippen LogP contribution in [0.4, 0.5) is 0 Å². The summed E-state index contributed by atoms with van der Waals surface area (Å²) in [5, 5.41) is 11.9. The lowest BCUT2D eigenvalue weighted by Crippen LogP contribution is -2.42. The fraction of sp³-hybridized carbons (Fsp3) is 0.714. The molecule has 1 heterocycles. The molecule has 1 aliphatic rings. The van der Waals surface area contributed by atoms with Gasteiger partial charge in [0.1, 0.15) is 0 Å². The Morgan fingerprint density at radius 3 is 3.00 bits per heavy atom. The van der Waals surface area contributed by atoms with Gasteiger partial charge in [0.05, 0.1) is 12.2 Å². The average Bonchev–Trinajstić information content (AvgIpc) is 3.05. The number of guanidine groups is 1. The molecule has 2 N–H and O–H groups in total. The van der Waals surface area contributed by atoms with Crippen LogP contribution in [-0.2, 0) is 13.6 Å². The van der Waals surface area contributed by atoms with Gasteiger partial charge in [0, 0.05) is 31.1 Å². The van der Waals surface area contributed by atoms with Crippen LogP contribution < -0.4 is 10.6 Å². The maximum atomic E-state index is 4.66. The Hall–Kier alpha value is -1.17. The SMILES string of the molecule is CCNC(=NCc1ccnn1C)NC1CCC(SC)C1. The van der Waals surface area contributed by atoms with Gasteiger partial charge >= 0.3 is 0 Å². The lowest BCUT2D eigenvalue weighted by Gasteiger charge is -2.17. The molecule has 0 aliphatic heterocycles. The van der Waals surface area contributed by atoms with Crippen molar-refractivity contribution in [3.63, 3.8) is 0 Å². The number of thioether (sulfide) groups is 1. The van der Waals surface area contributed by atoms with Crippen LogP contribution >= 0.6 is 11.8 Å². The highest BCUT2D eigenvalue weighted by atomic mass is 32.2. The minimum absolute atomic E-state index is 0.553. The van der Waals surface area contributed by atoms with E-state index in [0.29, 0.717) is 12.6 Å². The van der Waals surface area contributed by atoms with Crippen molar-refractivity contribution >= 4 is 17.7 Å². The first-order valence-electron chi connectivity index (χ1n) is 7.27. The molecule has 2 atom stereocenters. The van der Waals surface area contributed by atoms with Crippen LogP contribution in [0, 0.1) is 0 Å². The third kappa shape index (κ3) is 4.16. The predicted molar refractivity (Wildman–Crippen MR) is 86.1 cm³/mol. The van der Waals surface area contributed by atoms with E-state index >= 15 is 0 Å². The fourth-order valence-corrected chi connectivity index (χ4v) is 3.31. The molecular formula is C14H25N5S. The molecule has 0 amide bonds. The van der Waals surface area contributed by atoms with Gasteiger partial charge in [0.25, 0.3) is 0 Å². The van der Waals surface area contributed by atoms with Crippen LogP contribution in [0.3, 0.4) is 0 Å². The molecule has 1 fully saturated rings. The maximum Gasteiger partial charge on any atom is 0.191 e. The third-order valence-corrected chi connectivity index (χ3v) is 4.82. The highest BCUT2D eigenvalue weighted by Gasteiger charge is 2.24. The van der Waals surface area contributed by atoms with Crippen molar-refractivity contribution in [2.45, 2.75) is 44.0 Å². The first-order chi connectivity index (χ1) is 9.72. The number of hydrogen-bond donors (Lipinski definition) is 2. The van der Waals surface area contributed by atoms with Gasteiger partial charge in [-0.2, -0.15) is 16.9 Å². The van der Waals surface area contributed by atoms with E-state index in [1.165, 1.54) is 19.3 Å². The smallest absolute Gasteiger partial charge is 0.191 e. The first-order valence-corrected chi connectivity index (χ1v) is 8.56. The summed E-state index contributed by atoms with van der Waals surface area (Å²) >= 11 is 1.98. The number of nitrogens with one attached hydrogen (secondary N) is 2. The third-order valence-electron chi connectivity index (χ3n) is 3.72. The Balaban J connectivity index is 1.91. The van der Waals surface area contributed by atoms with Gasteiger partial charge in [-0.1, -0.05) is 0 Å². The summed E-state index contributed by atoms with van der Waals surface area (Å²) in [5.74, 6) is 0.917. The molecule has 0 spiro atoms. The summed E-state index contributed by atoms with van der Waals surface area (Å²) in [4.78, 5) is 4.66. The molecule has 5 nitrogen and oxygen atoms in total. The lowest BCUT2D eigenvalue weighted by molar-refractivity contribution is 0.613. The van der Waals surface area contributed by atoms with Crippen LogP contribution in [0.25, 0.3) is 0 Å². The maximum absolute atomic E-state index is 4.66. The van der Waals surface area contributed by atoms with Gasteiger partial charge in [-0.05, 0) is 38.5 Å². The van der Waals surface area contributed by atoms with E-state index in [2.05, 4.69) is 33.9 Å². The number of hydrogen-bond acceptors (Lipinski definition) is 3. The summed E-state index contributed by atoms with van der Waals surface area (Å²) in [5.41, 5.74) is 1.12. The summed E-state index contributed by atoms with van der Waals surface area (Å²) in [6, 6.07) is 2.56. The average molecular weight is 295 g/mol. The van der Waals surface area contributed by atoms with Crippen LogP contribution in [0.15, 0.2) is 17.3 Å². The van der Waals surface area contributed by atoms with Crippen LogP contribution in [-0.4, -0.2) is 39.8 Å². The monoisotopic (exact) mass is 295 g/mol. The van der Waals surface area contributed by atoms with Crippen molar-refractivity contribution in [1.82, 2.24) is 20.4 Å². The van der Waals surface area contributed by atoms with E-state index in [4.69, 9.17) is 0 Å². The summed E-state index contributed by atoms with van der Waals surface area (Å²) < 4.78 is 1.87. The molecule has 1 aromatic heterocycles. The zero-order chi connectivity index (χ0) is 14.4. The van der Waals surface area contributed by atoms with Crippen molar-refractivity contribution in [1.29, 1.82) is 0 Å². The van der Waals surface area contributed by atoms with E-state index < -0.39 is 0 Å². The Bertz CT molecular complexity index is 443. The van der Waals surface area contributed by atoms with Gasteiger partial charge in [-0.3, -0.25) is 4.68 Å². The van der Waals surface area contributed by atoms with E-state index in [-0.39, 0.29) is 0 Å². The second kappa shape index (κ2) is 7.57. The number of aryl methyl sites for hydroxylation is 1. The second-order valence-corrected chi connectivity index (χ2v) is 6.29. The minimum atomic E-state index is 0.553. The molecular weight excluding hydrogens is 270 g/mol. The minimum Gasteiger partial charge on any atom is -0.357 e. The Kier molecular flexibility index (Phi) is 5.76. The van der Waals surface area contributed by atoms with E-state index in [9.17, 15) is 0 Å². The second-order valence-electron chi connectivity index (χ2n) is 5.15. The van der Waals surface area contributed by atoms with Gasteiger partial charge in [-0.25, -0.2) is 4.99 Å². The normalized spacial score (nSPS) is 23.1. The van der Waals surface area contributed by atoms with Crippen LogP contribution in [0.2, 0.25) is 0 Å². The van der Waals surface area contributed by atoms with Crippen LogP contribution in [0.5, 0.6) is 0 Å². The van der Waals surface area contributed by atoms with Gasteiger partial charge in [0.15, 0.2) is 5.96 Å². The number of aliphatic imine (C=N–C) groups is 1. The molecule has 0 aromatic carbocycles. The first kappa shape index (κ1) is 15.2. The zero-order valence-corrected chi connectivity index (χ0v) is 13.4. The van der Waals surface area contributed by atoms with Crippen molar-refractivity contribution < 1.29 is 0 Å².